The summed E-state index contributed by atoms with van der Waals surface area (Å²) in [6, 6.07) is 6.93. The van der Waals surface area contributed by atoms with E-state index >= 15 is 4.39 Å². The van der Waals surface area contributed by atoms with Crippen molar-refractivity contribution in [2.45, 2.75) is 6.67 Å². The summed E-state index contributed by atoms with van der Waals surface area (Å²) >= 11 is 0. The number of hydrogen-bond donors (Lipinski definition) is 0. The second kappa shape index (κ2) is 5.82. The summed E-state index contributed by atoms with van der Waals surface area (Å²) in [6.07, 6.45) is 2.94. The number of aromatic nitrogens is 1. The minimum atomic E-state index is -2.35. The Morgan fingerprint density at radius 2 is 1.31 bits per heavy atom. The molecule has 4 aromatic rings. The highest BCUT2D eigenvalue weighted by atomic mass is 19.2. The molecular formula is C20H8F7N2+. The van der Waals surface area contributed by atoms with Crippen molar-refractivity contribution in [1.82, 2.24) is 4.57 Å². The van der Waals surface area contributed by atoms with Gasteiger partial charge in [-0.3, -0.25) is 4.57 Å². The predicted octanol–water partition coefficient (Wildman–Crippen LogP) is 5.50. The summed E-state index contributed by atoms with van der Waals surface area (Å²) in [5.74, 6) is -14.6. The molecule has 29 heavy (non-hydrogen) atoms. The van der Waals surface area contributed by atoms with Crippen LogP contribution in [0.25, 0.3) is 21.7 Å². The van der Waals surface area contributed by atoms with Crippen LogP contribution >= 0.6 is 0 Å². The summed E-state index contributed by atoms with van der Waals surface area (Å²) in [4.78, 5) is 0. The SMILES string of the molecule is Fc1c(F)c(F)c2c(F)c([N+]3=Cc4cccc5ccn(c45)C3)c(F)c(F)c2c1F. The van der Waals surface area contributed by atoms with Gasteiger partial charge in [0.2, 0.25) is 18.3 Å². The fourth-order valence-electron chi connectivity index (χ4n) is 3.75. The summed E-state index contributed by atoms with van der Waals surface area (Å²) in [6.45, 7) is -0.174. The fourth-order valence-corrected chi connectivity index (χ4v) is 3.75. The first-order valence-corrected chi connectivity index (χ1v) is 8.32. The largest absolute Gasteiger partial charge is 0.291 e. The topological polar surface area (TPSA) is 7.94 Å². The highest BCUT2D eigenvalue weighted by Gasteiger charge is 2.36. The van der Waals surface area contributed by atoms with Gasteiger partial charge in [-0.05, 0) is 12.1 Å². The van der Waals surface area contributed by atoms with E-state index in [1.165, 1.54) is 6.21 Å². The van der Waals surface area contributed by atoms with E-state index < -0.39 is 57.2 Å². The van der Waals surface area contributed by atoms with E-state index in [0.29, 0.717) is 5.56 Å². The standard InChI is InChI=1S/C20H8F7N2/c21-12-10-11(13(22)17(26)16(12)25)15(24)20(18(27)14(10)23)29-6-9-3-1-2-8-4-5-28(7-29)19(8)9/h1-6H,7H2/q+1. The molecule has 1 aliphatic rings. The lowest BCUT2D eigenvalue weighted by Gasteiger charge is -2.15. The van der Waals surface area contributed by atoms with E-state index in [9.17, 15) is 26.3 Å². The van der Waals surface area contributed by atoms with Crippen molar-refractivity contribution in [2.24, 2.45) is 0 Å². The number of para-hydroxylation sites is 1. The zero-order valence-electron chi connectivity index (χ0n) is 14.2. The maximum Gasteiger partial charge on any atom is 0.282 e. The third kappa shape index (κ3) is 2.21. The van der Waals surface area contributed by atoms with E-state index in [2.05, 4.69) is 0 Å². The van der Waals surface area contributed by atoms with E-state index in [4.69, 9.17) is 0 Å². The Morgan fingerprint density at radius 1 is 0.690 bits per heavy atom. The Hall–Kier alpha value is -3.36. The number of halogens is 7. The Labute approximate surface area is 157 Å². The zero-order valence-corrected chi connectivity index (χ0v) is 14.2. The van der Waals surface area contributed by atoms with Gasteiger partial charge in [-0.25, -0.2) is 22.0 Å². The molecule has 1 aromatic heterocycles. The number of hydrogen-bond acceptors (Lipinski definition) is 0. The summed E-state index contributed by atoms with van der Waals surface area (Å²) < 4.78 is 102. The monoisotopic (exact) mass is 409 g/mol. The van der Waals surface area contributed by atoms with Crippen LogP contribution in [0.2, 0.25) is 0 Å². The Morgan fingerprint density at radius 3 is 2.00 bits per heavy atom. The lowest BCUT2D eigenvalue weighted by molar-refractivity contribution is -0.476. The van der Waals surface area contributed by atoms with Crippen LogP contribution in [0.5, 0.6) is 0 Å². The molecule has 0 unspecified atom stereocenters. The van der Waals surface area contributed by atoms with Crippen LogP contribution in [0.3, 0.4) is 0 Å². The molecule has 0 saturated carbocycles. The van der Waals surface area contributed by atoms with Crippen molar-refractivity contribution >= 4 is 33.6 Å². The lowest BCUT2D eigenvalue weighted by atomic mass is 10.0. The first-order chi connectivity index (χ1) is 13.8. The van der Waals surface area contributed by atoms with Crippen LogP contribution in [0.15, 0.2) is 30.5 Å². The van der Waals surface area contributed by atoms with Crippen LogP contribution < -0.4 is 0 Å². The molecule has 0 bridgehead atoms. The molecule has 2 nitrogen and oxygen atoms in total. The van der Waals surface area contributed by atoms with Crippen molar-refractivity contribution in [3.8, 4) is 0 Å². The van der Waals surface area contributed by atoms with Crippen molar-refractivity contribution in [3.63, 3.8) is 0 Å². The summed E-state index contributed by atoms with van der Waals surface area (Å²) in [5.41, 5.74) is 0.252. The lowest BCUT2D eigenvalue weighted by Crippen LogP contribution is -2.21. The zero-order chi connectivity index (χ0) is 20.6. The third-order valence-electron chi connectivity index (χ3n) is 5.02. The second-order valence-corrected chi connectivity index (χ2v) is 6.61. The van der Waals surface area contributed by atoms with Crippen molar-refractivity contribution in [3.05, 3.63) is 76.7 Å². The Kier molecular flexibility index (Phi) is 3.56. The average molecular weight is 409 g/mol. The molecule has 9 heteroatoms. The number of fused-ring (bicyclic) bond motifs is 1. The van der Waals surface area contributed by atoms with Gasteiger partial charge >= 0.3 is 0 Å². The fraction of sp³-hybridized carbons (Fsp3) is 0.0500. The molecule has 146 valence electrons. The molecular weight excluding hydrogens is 401 g/mol. The molecule has 3 aromatic carbocycles. The first kappa shape index (κ1) is 17.7. The molecule has 5 rings (SSSR count). The van der Waals surface area contributed by atoms with Crippen molar-refractivity contribution in [1.29, 1.82) is 0 Å². The molecule has 0 aliphatic carbocycles. The minimum Gasteiger partial charge on any atom is -0.291 e. The highest BCUT2D eigenvalue weighted by molar-refractivity contribution is 5.98. The molecule has 0 amide bonds. The maximum absolute atomic E-state index is 15.1. The van der Waals surface area contributed by atoms with Crippen molar-refractivity contribution < 1.29 is 35.3 Å². The van der Waals surface area contributed by atoms with Gasteiger partial charge in [0.05, 0.1) is 21.9 Å². The van der Waals surface area contributed by atoms with Gasteiger partial charge in [0.25, 0.3) is 5.69 Å². The molecule has 0 atom stereocenters. The van der Waals surface area contributed by atoms with E-state index in [-0.39, 0.29) is 6.67 Å². The number of rotatable bonds is 1. The maximum atomic E-state index is 15.1. The molecule has 0 N–H and O–H groups in total. The van der Waals surface area contributed by atoms with Crippen LogP contribution in [0.4, 0.5) is 36.4 Å². The summed E-state index contributed by atoms with van der Waals surface area (Å²) in [5, 5.41) is -2.27. The molecule has 0 fully saturated rings. The van der Waals surface area contributed by atoms with Gasteiger partial charge in [-0.15, -0.1) is 0 Å². The minimum absolute atomic E-state index is 0.174. The predicted molar refractivity (Wildman–Crippen MR) is 90.7 cm³/mol. The smallest absolute Gasteiger partial charge is 0.282 e. The summed E-state index contributed by atoms with van der Waals surface area (Å²) in [7, 11) is 0. The van der Waals surface area contributed by atoms with Gasteiger partial charge in [0, 0.05) is 11.6 Å². The first-order valence-electron chi connectivity index (χ1n) is 8.32. The van der Waals surface area contributed by atoms with E-state index in [0.717, 1.165) is 15.5 Å². The Bertz CT molecular complexity index is 1400. The van der Waals surface area contributed by atoms with Gasteiger partial charge in [-0.1, -0.05) is 12.1 Å². The van der Waals surface area contributed by atoms with Gasteiger partial charge < -0.3 is 0 Å². The van der Waals surface area contributed by atoms with Gasteiger partial charge in [-0.2, -0.15) is 13.4 Å². The molecule has 0 spiro atoms. The molecule has 0 saturated heterocycles. The number of benzene rings is 3. The van der Waals surface area contributed by atoms with Crippen LogP contribution in [-0.4, -0.2) is 15.4 Å². The Balaban J connectivity index is 1.87. The van der Waals surface area contributed by atoms with Crippen molar-refractivity contribution in [2.75, 3.05) is 0 Å². The quantitative estimate of drug-likeness (QED) is 0.170. The molecule has 0 radical (unpaired) electrons. The van der Waals surface area contributed by atoms with Gasteiger partial charge in [0.15, 0.2) is 35.3 Å². The molecule has 2 heterocycles. The highest BCUT2D eigenvalue weighted by Crippen LogP contribution is 2.38. The number of nitrogens with zero attached hydrogens (tertiary/aromatic N) is 2. The van der Waals surface area contributed by atoms with E-state index in [1.54, 1.807) is 29.0 Å². The van der Waals surface area contributed by atoms with Gasteiger partial charge in [0.1, 0.15) is 0 Å². The normalized spacial score (nSPS) is 13.4. The average Bonchev–Trinajstić information content (AvgIpc) is 3.12. The van der Waals surface area contributed by atoms with Crippen LogP contribution in [0.1, 0.15) is 5.56 Å². The molecule has 1 aliphatic heterocycles. The van der Waals surface area contributed by atoms with Crippen LogP contribution in [0, 0.1) is 40.7 Å². The van der Waals surface area contributed by atoms with Crippen LogP contribution in [-0.2, 0) is 6.67 Å². The second-order valence-electron chi connectivity index (χ2n) is 6.61. The third-order valence-corrected chi connectivity index (χ3v) is 5.02. The van der Waals surface area contributed by atoms with E-state index in [1.807, 2.05) is 6.07 Å².